The minimum Gasteiger partial charge on any atom is -0.507 e. The number of carboxylic acid groups (broad SMARTS) is 1. The van der Waals surface area contributed by atoms with Gasteiger partial charge in [0.05, 0.1) is 23.8 Å². The molecule has 0 heterocycles. The number of ketones is 3. The fraction of sp³-hybridized carbons (Fsp3) is 0.448. The normalized spacial score (nSPS) is 19.6. The number of carbonyl (C=O) groups is 4. The number of aliphatic carboxylic acids is 1. The van der Waals surface area contributed by atoms with Crippen molar-refractivity contribution in [2.24, 2.45) is 5.92 Å². The Morgan fingerprint density at radius 3 is 2.28 bits per heavy atom. The zero-order valence-corrected chi connectivity index (χ0v) is 21.6. The fourth-order valence-corrected chi connectivity index (χ4v) is 6.02. The molecular weight excluding hydrogens is 508 g/mol. The highest BCUT2D eigenvalue weighted by atomic mass is 16.7. The minimum atomic E-state index is -1.13. The number of carboxylic acids is 1. The highest BCUT2D eigenvalue weighted by Crippen LogP contribution is 2.47. The lowest BCUT2D eigenvalue weighted by Crippen LogP contribution is -2.42. The summed E-state index contributed by atoms with van der Waals surface area (Å²) in [6.07, 6.45) is 4.15. The van der Waals surface area contributed by atoms with Gasteiger partial charge in [-0.05, 0) is 38.2 Å². The van der Waals surface area contributed by atoms with Crippen LogP contribution in [0.15, 0.2) is 18.2 Å². The van der Waals surface area contributed by atoms with Crippen molar-refractivity contribution in [1.82, 2.24) is 0 Å². The third kappa shape index (κ3) is 4.68. The standard InChI is InChI=1S/C29H30O10/c1-37-20-7-5-6-17-22(20)28(36)24-23(26(17)34)27(35)18-12-15(8-9-16(18)25(24)33)19(30)13-38-29(39-14-21(31)32)10-3-2-4-11-29/h5-7,15,33,35H,2-4,8-14H2,1H3,(H,31,32)/t15-/m0/s1. The Morgan fingerprint density at radius 2 is 1.59 bits per heavy atom. The van der Waals surface area contributed by atoms with Crippen LogP contribution in [-0.4, -0.2) is 64.7 Å². The van der Waals surface area contributed by atoms with Gasteiger partial charge in [0, 0.05) is 35.4 Å². The summed E-state index contributed by atoms with van der Waals surface area (Å²) < 4.78 is 16.7. The molecular formula is C29H30O10. The Bertz CT molecular complexity index is 1370. The molecule has 0 radical (unpaired) electrons. The van der Waals surface area contributed by atoms with E-state index < -0.39 is 41.6 Å². The summed E-state index contributed by atoms with van der Waals surface area (Å²) in [7, 11) is 1.38. The topological polar surface area (TPSA) is 157 Å². The number of hydrogen-bond donors (Lipinski definition) is 3. The van der Waals surface area contributed by atoms with Crippen LogP contribution in [0.25, 0.3) is 0 Å². The number of aromatic hydroxyl groups is 2. The smallest absolute Gasteiger partial charge is 0.329 e. The number of Topliss-reactive ketones (excluding diaryl/α,β-unsaturated/α-hetero) is 1. The molecule has 1 fully saturated rings. The summed E-state index contributed by atoms with van der Waals surface area (Å²) in [5.74, 6) is -4.86. The number of rotatable bonds is 8. The third-order valence-electron chi connectivity index (χ3n) is 8.03. The van der Waals surface area contributed by atoms with E-state index in [2.05, 4.69) is 0 Å². The first-order chi connectivity index (χ1) is 18.7. The van der Waals surface area contributed by atoms with E-state index in [-0.39, 0.29) is 64.5 Å². The second kappa shape index (κ2) is 10.4. The van der Waals surface area contributed by atoms with Crippen molar-refractivity contribution in [2.45, 2.75) is 57.2 Å². The Kier molecular flexibility index (Phi) is 7.17. The summed E-state index contributed by atoms with van der Waals surface area (Å²) in [6.45, 7) is -0.813. The van der Waals surface area contributed by atoms with Gasteiger partial charge in [-0.25, -0.2) is 4.79 Å². The molecule has 0 amide bonds. The number of fused-ring (bicyclic) bond motifs is 3. The number of carbonyl (C=O) groups excluding carboxylic acids is 3. The summed E-state index contributed by atoms with van der Waals surface area (Å²) in [6, 6.07) is 4.58. The molecule has 2 aromatic rings. The molecule has 3 aliphatic rings. The molecule has 10 nitrogen and oxygen atoms in total. The van der Waals surface area contributed by atoms with Crippen LogP contribution in [-0.2, 0) is 31.9 Å². The maximum Gasteiger partial charge on any atom is 0.329 e. The van der Waals surface area contributed by atoms with Gasteiger partial charge in [0.25, 0.3) is 0 Å². The van der Waals surface area contributed by atoms with Crippen molar-refractivity contribution >= 4 is 23.3 Å². The molecule has 2 aromatic carbocycles. The first-order valence-corrected chi connectivity index (χ1v) is 13.1. The van der Waals surface area contributed by atoms with Gasteiger partial charge in [-0.3, -0.25) is 14.4 Å². The second-order valence-corrected chi connectivity index (χ2v) is 10.3. The van der Waals surface area contributed by atoms with Crippen molar-refractivity contribution in [3.8, 4) is 17.2 Å². The van der Waals surface area contributed by atoms with Crippen LogP contribution in [0.3, 0.4) is 0 Å². The van der Waals surface area contributed by atoms with E-state index in [0.29, 0.717) is 24.8 Å². The highest BCUT2D eigenvalue weighted by molar-refractivity contribution is 6.31. The monoisotopic (exact) mass is 538 g/mol. The van der Waals surface area contributed by atoms with Crippen LogP contribution in [0, 0.1) is 5.92 Å². The molecule has 5 rings (SSSR count). The quantitative estimate of drug-likeness (QED) is 0.287. The Morgan fingerprint density at radius 1 is 0.923 bits per heavy atom. The van der Waals surface area contributed by atoms with Crippen molar-refractivity contribution in [2.75, 3.05) is 20.3 Å². The zero-order valence-electron chi connectivity index (χ0n) is 21.6. The maximum absolute atomic E-state index is 13.4. The predicted octanol–water partition coefficient (Wildman–Crippen LogP) is 3.33. The molecule has 0 bridgehead atoms. The van der Waals surface area contributed by atoms with E-state index in [1.54, 1.807) is 12.1 Å². The van der Waals surface area contributed by atoms with E-state index in [0.717, 1.165) is 19.3 Å². The number of phenolic OH excluding ortho intramolecular Hbond substituents is 2. The van der Waals surface area contributed by atoms with Gasteiger partial charge >= 0.3 is 5.97 Å². The zero-order chi connectivity index (χ0) is 27.9. The Labute approximate surface area is 224 Å². The average Bonchev–Trinajstić information content (AvgIpc) is 2.95. The number of methoxy groups -OCH3 is 1. The predicted molar refractivity (Wildman–Crippen MR) is 136 cm³/mol. The molecule has 0 aliphatic heterocycles. The first-order valence-electron chi connectivity index (χ1n) is 13.1. The van der Waals surface area contributed by atoms with Gasteiger partial charge in [-0.15, -0.1) is 0 Å². The Hall–Kier alpha value is -3.76. The number of hydrogen-bond acceptors (Lipinski definition) is 9. The van der Waals surface area contributed by atoms with Gasteiger partial charge < -0.3 is 29.5 Å². The van der Waals surface area contributed by atoms with Crippen LogP contribution < -0.4 is 4.74 Å². The molecule has 0 aromatic heterocycles. The third-order valence-corrected chi connectivity index (χ3v) is 8.03. The SMILES string of the molecule is COc1cccc2c1C(=O)c1c(O)c3c(c(O)c1C2=O)C[C@@H](C(=O)COC1(OCC(=O)O)CCCCC1)CC3. The highest BCUT2D eigenvalue weighted by Gasteiger charge is 2.42. The molecule has 206 valence electrons. The van der Waals surface area contributed by atoms with Crippen molar-refractivity contribution in [3.63, 3.8) is 0 Å². The lowest BCUT2D eigenvalue weighted by atomic mass is 9.75. The maximum atomic E-state index is 13.4. The number of ether oxygens (including phenoxy) is 3. The second-order valence-electron chi connectivity index (χ2n) is 10.3. The van der Waals surface area contributed by atoms with E-state index in [4.69, 9.17) is 19.3 Å². The van der Waals surface area contributed by atoms with E-state index in [9.17, 15) is 29.4 Å². The Balaban J connectivity index is 1.40. The molecule has 0 spiro atoms. The van der Waals surface area contributed by atoms with Crippen molar-refractivity contribution < 1.29 is 48.7 Å². The van der Waals surface area contributed by atoms with Gasteiger partial charge in [0.15, 0.2) is 17.4 Å². The molecule has 0 saturated heterocycles. The van der Waals surface area contributed by atoms with Gasteiger partial charge in [0.2, 0.25) is 5.78 Å². The molecule has 39 heavy (non-hydrogen) atoms. The summed E-state index contributed by atoms with van der Waals surface area (Å²) >= 11 is 0. The molecule has 10 heteroatoms. The van der Waals surface area contributed by atoms with E-state index >= 15 is 0 Å². The number of benzene rings is 2. The molecule has 1 atom stereocenters. The average molecular weight is 539 g/mol. The summed E-state index contributed by atoms with van der Waals surface area (Å²) in [5, 5.41) is 31.4. The van der Waals surface area contributed by atoms with Gasteiger partial charge in [-0.1, -0.05) is 18.6 Å². The van der Waals surface area contributed by atoms with Crippen molar-refractivity contribution in [3.05, 3.63) is 51.6 Å². The lowest BCUT2D eigenvalue weighted by molar-refractivity contribution is -0.251. The molecule has 3 N–H and O–H groups in total. The van der Waals surface area contributed by atoms with E-state index in [1.807, 2.05) is 0 Å². The molecule has 0 unspecified atom stereocenters. The van der Waals surface area contributed by atoms with Crippen LogP contribution in [0.5, 0.6) is 17.2 Å². The first kappa shape index (κ1) is 26.8. The largest absolute Gasteiger partial charge is 0.507 e. The van der Waals surface area contributed by atoms with Crippen LogP contribution in [0.4, 0.5) is 0 Å². The molecule has 1 saturated carbocycles. The van der Waals surface area contributed by atoms with Crippen LogP contribution >= 0.6 is 0 Å². The fourth-order valence-electron chi connectivity index (χ4n) is 6.02. The minimum absolute atomic E-state index is 0.0370. The summed E-state index contributed by atoms with van der Waals surface area (Å²) in [5.41, 5.74) is 0.176. The lowest BCUT2D eigenvalue weighted by Gasteiger charge is -2.37. The van der Waals surface area contributed by atoms with Gasteiger partial charge in [0.1, 0.15) is 30.5 Å². The molecule has 3 aliphatic carbocycles. The van der Waals surface area contributed by atoms with Crippen LogP contribution in [0.2, 0.25) is 0 Å². The van der Waals surface area contributed by atoms with E-state index in [1.165, 1.54) is 13.2 Å². The van der Waals surface area contributed by atoms with Gasteiger partial charge in [-0.2, -0.15) is 0 Å². The van der Waals surface area contributed by atoms with Crippen molar-refractivity contribution in [1.29, 1.82) is 0 Å². The van der Waals surface area contributed by atoms with Crippen LogP contribution in [0.1, 0.15) is 81.5 Å². The summed E-state index contributed by atoms with van der Waals surface area (Å²) in [4.78, 5) is 51.0. The number of phenols is 2.